The van der Waals surface area contributed by atoms with Crippen LogP contribution in [0.15, 0.2) is 17.3 Å². The summed E-state index contributed by atoms with van der Waals surface area (Å²) in [6.07, 6.45) is 1.46. The lowest BCUT2D eigenvalue weighted by atomic mass is 10.2. The molecular formula is C8H15N3O2S. The van der Waals surface area contributed by atoms with E-state index in [4.69, 9.17) is 0 Å². The lowest BCUT2D eigenvalue weighted by Crippen LogP contribution is -2.29. The van der Waals surface area contributed by atoms with Crippen LogP contribution in [0.25, 0.3) is 0 Å². The molecule has 1 aromatic heterocycles. The Morgan fingerprint density at radius 2 is 2.21 bits per heavy atom. The maximum absolute atomic E-state index is 11.6. The lowest BCUT2D eigenvalue weighted by Gasteiger charge is -2.08. The molecule has 0 bridgehead atoms. The summed E-state index contributed by atoms with van der Waals surface area (Å²) in [6.45, 7) is 4.34. The molecule has 1 rings (SSSR count). The van der Waals surface area contributed by atoms with E-state index in [0.29, 0.717) is 6.54 Å². The van der Waals surface area contributed by atoms with Gasteiger partial charge in [-0.3, -0.25) is 4.68 Å². The molecule has 1 heterocycles. The zero-order chi connectivity index (χ0) is 10.8. The zero-order valence-corrected chi connectivity index (χ0v) is 9.37. The van der Waals surface area contributed by atoms with Crippen molar-refractivity contribution in [2.45, 2.75) is 18.9 Å². The summed E-state index contributed by atoms with van der Waals surface area (Å²) in [4.78, 5) is 0. The van der Waals surface area contributed by atoms with E-state index in [2.05, 4.69) is 9.82 Å². The molecule has 14 heavy (non-hydrogen) atoms. The molecule has 1 aromatic rings. The summed E-state index contributed by atoms with van der Waals surface area (Å²) in [7, 11) is -1.79. The van der Waals surface area contributed by atoms with Crippen molar-refractivity contribution in [3.8, 4) is 0 Å². The fourth-order valence-corrected chi connectivity index (χ4v) is 2.31. The Labute approximate surface area is 84.2 Å². The predicted molar refractivity (Wildman–Crippen MR) is 53.2 cm³/mol. The van der Waals surface area contributed by atoms with E-state index in [1.54, 1.807) is 7.05 Å². The SMILES string of the molecule is CC(C)CNS(=O)(=O)c1ccnn1C. The second-order valence-corrected chi connectivity index (χ2v) is 5.25. The Hall–Kier alpha value is -0.880. The van der Waals surface area contributed by atoms with Crippen molar-refractivity contribution in [2.75, 3.05) is 6.54 Å². The van der Waals surface area contributed by atoms with E-state index in [-0.39, 0.29) is 10.9 Å². The van der Waals surface area contributed by atoms with Gasteiger partial charge in [0, 0.05) is 13.6 Å². The van der Waals surface area contributed by atoms with E-state index in [1.807, 2.05) is 13.8 Å². The maximum atomic E-state index is 11.6. The molecule has 0 radical (unpaired) electrons. The summed E-state index contributed by atoms with van der Waals surface area (Å²) in [5, 5.41) is 4.00. The van der Waals surface area contributed by atoms with Crippen LogP contribution in [-0.4, -0.2) is 24.7 Å². The maximum Gasteiger partial charge on any atom is 0.257 e. The molecule has 0 saturated heterocycles. The summed E-state index contributed by atoms with van der Waals surface area (Å²) >= 11 is 0. The summed E-state index contributed by atoms with van der Waals surface area (Å²) < 4.78 is 27.1. The van der Waals surface area contributed by atoms with Gasteiger partial charge in [0.05, 0.1) is 6.20 Å². The Morgan fingerprint density at radius 1 is 1.57 bits per heavy atom. The molecule has 0 saturated carbocycles. The second-order valence-electron chi connectivity index (χ2n) is 3.54. The average Bonchev–Trinajstić information content (AvgIpc) is 2.48. The Balaban J connectivity index is 2.82. The van der Waals surface area contributed by atoms with Crippen LogP contribution >= 0.6 is 0 Å². The minimum absolute atomic E-state index is 0.193. The number of nitrogens with one attached hydrogen (secondary N) is 1. The largest absolute Gasteiger partial charge is 0.257 e. The van der Waals surface area contributed by atoms with Crippen molar-refractivity contribution in [1.82, 2.24) is 14.5 Å². The Bertz CT molecular complexity index is 394. The van der Waals surface area contributed by atoms with E-state index >= 15 is 0 Å². The van der Waals surface area contributed by atoms with Gasteiger partial charge in [-0.1, -0.05) is 13.8 Å². The van der Waals surface area contributed by atoms with Gasteiger partial charge >= 0.3 is 0 Å². The van der Waals surface area contributed by atoms with Crippen LogP contribution in [0.2, 0.25) is 0 Å². The molecule has 0 atom stereocenters. The van der Waals surface area contributed by atoms with Crippen LogP contribution in [0.1, 0.15) is 13.8 Å². The molecule has 0 spiro atoms. The molecular weight excluding hydrogens is 202 g/mol. The third-order valence-corrected chi connectivity index (χ3v) is 3.23. The molecule has 0 aliphatic rings. The van der Waals surface area contributed by atoms with Crippen molar-refractivity contribution in [2.24, 2.45) is 13.0 Å². The standard InChI is InChI=1S/C8H15N3O2S/c1-7(2)6-10-14(12,13)8-4-5-9-11(8)3/h4-5,7,10H,6H2,1-3H3. The molecule has 80 valence electrons. The highest BCUT2D eigenvalue weighted by Gasteiger charge is 2.17. The van der Waals surface area contributed by atoms with E-state index in [0.717, 1.165) is 0 Å². The first kappa shape index (κ1) is 11.2. The van der Waals surface area contributed by atoms with Gasteiger partial charge in [0.1, 0.15) is 0 Å². The fourth-order valence-electron chi connectivity index (χ4n) is 0.976. The topological polar surface area (TPSA) is 64.0 Å². The van der Waals surface area contributed by atoms with E-state index in [1.165, 1.54) is 16.9 Å². The summed E-state index contributed by atoms with van der Waals surface area (Å²) in [5.74, 6) is 0.290. The fraction of sp³-hybridized carbons (Fsp3) is 0.625. The van der Waals surface area contributed by atoms with Gasteiger partial charge in [0.15, 0.2) is 5.03 Å². The van der Waals surface area contributed by atoms with E-state index < -0.39 is 10.0 Å². The van der Waals surface area contributed by atoms with Gasteiger partial charge in [-0.2, -0.15) is 5.10 Å². The first-order valence-corrected chi connectivity index (χ1v) is 5.89. The van der Waals surface area contributed by atoms with Crippen LogP contribution in [-0.2, 0) is 17.1 Å². The first-order valence-electron chi connectivity index (χ1n) is 4.41. The molecule has 0 aromatic carbocycles. The van der Waals surface area contributed by atoms with Crippen molar-refractivity contribution in [1.29, 1.82) is 0 Å². The minimum Gasteiger partial charge on any atom is -0.256 e. The lowest BCUT2D eigenvalue weighted by molar-refractivity contribution is 0.546. The zero-order valence-electron chi connectivity index (χ0n) is 8.56. The number of rotatable bonds is 4. The summed E-state index contributed by atoms with van der Waals surface area (Å²) in [6, 6.07) is 1.47. The Kier molecular flexibility index (Phi) is 3.28. The number of hydrogen-bond donors (Lipinski definition) is 1. The quantitative estimate of drug-likeness (QED) is 0.791. The second kappa shape index (κ2) is 4.10. The number of hydrogen-bond acceptors (Lipinski definition) is 3. The third kappa shape index (κ3) is 2.55. The van der Waals surface area contributed by atoms with Gasteiger partial charge in [0.25, 0.3) is 10.0 Å². The molecule has 1 N–H and O–H groups in total. The Morgan fingerprint density at radius 3 is 2.64 bits per heavy atom. The monoisotopic (exact) mass is 217 g/mol. The normalized spacial score (nSPS) is 12.3. The van der Waals surface area contributed by atoms with Gasteiger partial charge in [-0.05, 0) is 12.0 Å². The van der Waals surface area contributed by atoms with Crippen LogP contribution < -0.4 is 4.72 Å². The predicted octanol–water partition coefficient (Wildman–Crippen LogP) is 0.354. The van der Waals surface area contributed by atoms with Crippen molar-refractivity contribution >= 4 is 10.0 Å². The van der Waals surface area contributed by atoms with Crippen molar-refractivity contribution in [3.63, 3.8) is 0 Å². The van der Waals surface area contributed by atoms with Crippen LogP contribution in [0.5, 0.6) is 0 Å². The molecule has 5 nitrogen and oxygen atoms in total. The molecule has 6 heteroatoms. The molecule has 0 aliphatic carbocycles. The number of sulfonamides is 1. The van der Waals surface area contributed by atoms with Crippen molar-refractivity contribution < 1.29 is 8.42 Å². The van der Waals surface area contributed by atoms with Gasteiger partial charge in [-0.25, -0.2) is 13.1 Å². The summed E-state index contributed by atoms with van der Waals surface area (Å²) in [5.41, 5.74) is 0. The number of aryl methyl sites for hydroxylation is 1. The molecule has 0 aliphatic heterocycles. The number of aromatic nitrogens is 2. The van der Waals surface area contributed by atoms with E-state index in [9.17, 15) is 8.42 Å². The highest BCUT2D eigenvalue weighted by molar-refractivity contribution is 7.89. The average molecular weight is 217 g/mol. The highest BCUT2D eigenvalue weighted by Crippen LogP contribution is 2.05. The van der Waals surface area contributed by atoms with Gasteiger partial charge in [0.2, 0.25) is 0 Å². The molecule has 0 fully saturated rings. The van der Waals surface area contributed by atoms with Crippen LogP contribution in [0.3, 0.4) is 0 Å². The highest BCUT2D eigenvalue weighted by atomic mass is 32.2. The minimum atomic E-state index is -3.39. The van der Waals surface area contributed by atoms with Crippen LogP contribution in [0.4, 0.5) is 0 Å². The number of nitrogens with zero attached hydrogens (tertiary/aromatic N) is 2. The van der Waals surface area contributed by atoms with Crippen LogP contribution in [0, 0.1) is 5.92 Å². The smallest absolute Gasteiger partial charge is 0.256 e. The molecule has 0 unspecified atom stereocenters. The van der Waals surface area contributed by atoms with Gasteiger partial charge in [-0.15, -0.1) is 0 Å². The van der Waals surface area contributed by atoms with Gasteiger partial charge < -0.3 is 0 Å². The first-order chi connectivity index (χ1) is 6.43. The molecule has 0 amide bonds. The third-order valence-electron chi connectivity index (χ3n) is 1.73. The van der Waals surface area contributed by atoms with Crippen molar-refractivity contribution in [3.05, 3.63) is 12.3 Å².